The summed E-state index contributed by atoms with van der Waals surface area (Å²) < 4.78 is 4.86. The summed E-state index contributed by atoms with van der Waals surface area (Å²) in [4.78, 5) is 25.8. The first-order valence-corrected chi connectivity index (χ1v) is 7.27. The van der Waals surface area contributed by atoms with Crippen LogP contribution in [0.15, 0.2) is 0 Å². The molecular weight excluding hydrogens is 258 g/mol. The summed E-state index contributed by atoms with van der Waals surface area (Å²) >= 11 is 0. The third kappa shape index (κ3) is 4.45. The van der Waals surface area contributed by atoms with E-state index < -0.39 is 5.41 Å². The Labute approximate surface area is 121 Å². The van der Waals surface area contributed by atoms with Crippen molar-refractivity contribution in [3.8, 4) is 0 Å². The number of carbonyl (C=O) groups is 2. The molecule has 0 saturated heterocycles. The predicted molar refractivity (Wildman–Crippen MR) is 77.1 cm³/mol. The molecule has 0 spiro atoms. The van der Waals surface area contributed by atoms with Gasteiger partial charge in [-0.15, -0.1) is 0 Å². The summed E-state index contributed by atoms with van der Waals surface area (Å²) in [6, 6.07) is 0. The van der Waals surface area contributed by atoms with Gasteiger partial charge in [0, 0.05) is 27.2 Å². The highest BCUT2D eigenvalue weighted by atomic mass is 16.5. The van der Waals surface area contributed by atoms with Crippen LogP contribution in [0.5, 0.6) is 0 Å². The molecule has 0 aliphatic heterocycles. The Kier molecular flexibility index (Phi) is 6.95. The largest absolute Gasteiger partial charge is 0.383 e. The van der Waals surface area contributed by atoms with Crippen LogP contribution in [-0.4, -0.2) is 57.1 Å². The highest BCUT2D eigenvalue weighted by Crippen LogP contribution is 2.36. The van der Waals surface area contributed by atoms with Crippen LogP contribution in [-0.2, 0) is 14.3 Å². The molecule has 0 heterocycles. The number of hydrogen-bond acceptors (Lipinski definition) is 4. The van der Waals surface area contributed by atoms with Crippen molar-refractivity contribution in [1.29, 1.82) is 0 Å². The Morgan fingerprint density at radius 2 is 1.95 bits per heavy atom. The summed E-state index contributed by atoms with van der Waals surface area (Å²) in [6.45, 7) is 1.36. The average molecular weight is 285 g/mol. The van der Waals surface area contributed by atoms with Crippen LogP contribution in [0, 0.1) is 5.41 Å². The number of hydrogen-bond donors (Lipinski definition) is 2. The number of carbonyl (C=O) groups excluding carboxylic acids is 2. The Bertz CT molecular complexity index is 328. The molecule has 0 aromatic heterocycles. The zero-order valence-corrected chi connectivity index (χ0v) is 12.6. The van der Waals surface area contributed by atoms with Crippen LogP contribution in [0.2, 0.25) is 0 Å². The van der Waals surface area contributed by atoms with E-state index in [1.165, 1.54) is 4.90 Å². The third-order valence-corrected chi connectivity index (χ3v) is 4.01. The number of nitrogens with one attached hydrogen (secondary N) is 1. The molecule has 0 bridgehead atoms. The summed E-state index contributed by atoms with van der Waals surface area (Å²) in [5, 5.41) is 2.71. The van der Waals surface area contributed by atoms with Crippen molar-refractivity contribution in [1.82, 2.24) is 10.2 Å². The van der Waals surface area contributed by atoms with E-state index in [1.54, 1.807) is 14.2 Å². The van der Waals surface area contributed by atoms with E-state index in [-0.39, 0.29) is 18.4 Å². The number of amides is 2. The SMILES string of the molecule is COCCNC(=O)CN(C)C(=O)C1(CN)CCCCC1. The van der Waals surface area contributed by atoms with E-state index in [4.69, 9.17) is 10.5 Å². The first-order chi connectivity index (χ1) is 9.55. The van der Waals surface area contributed by atoms with Crippen molar-refractivity contribution >= 4 is 11.8 Å². The van der Waals surface area contributed by atoms with Crippen molar-refractivity contribution in [2.45, 2.75) is 32.1 Å². The van der Waals surface area contributed by atoms with Gasteiger partial charge in [-0.2, -0.15) is 0 Å². The van der Waals surface area contributed by atoms with Gasteiger partial charge in [0.15, 0.2) is 0 Å². The van der Waals surface area contributed by atoms with Crippen LogP contribution < -0.4 is 11.1 Å². The lowest BCUT2D eigenvalue weighted by Crippen LogP contribution is -2.50. The third-order valence-electron chi connectivity index (χ3n) is 4.01. The number of nitrogens with two attached hydrogens (primary N) is 1. The van der Waals surface area contributed by atoms with Crippen LogP contribution in [0.25, 0.3) is 0 Å². The second-order valence-corrected chi connectivity index (χ2v) is 5.55. The van der Waals surface area contributed by atoms with E-state index in [0.29, 0.717) is 19.7 Å². The summed E-state index contributed by atoms with van der Waals surface area (Å²) in [5.74, 6) is -0.164. The molecule has 0 aromatic carbocycles. The molecule has 1 aliphatic carbocycles. The quantitative estimate of drug-likeness (QED) is 0.651. The maximum Gasteiger partial charge on any atom is 0.239 e. The lowest BCUT2D eigenvalue weighted by atomic mass is 9.73. The molecule has 1 saturated carbocycles. The fourth-order valence-corrected chi connectivity index (χ4v) is 2.77. The van der Waals surface area contributed by atoms with Gasteiger partial charge in [-0.1, -0.05) is 19.3 Å². The topological polar surface area (TPSA) is 84.7 Å². The van der Waals surface area contributed by atoms with Gasteiger partial charge in [0.25, 0.3) is 0 Å². The molecule has 0 unspecified atom stereocenters. The smallest absolute Gasteiger partial charge is 0.239 e. The first-order valence-electron chi connectivity index (χ1n) is 7.27. The highest BCUT2D eigenvalue weighted by Gasteiger charge is 2.40. The maximum absolute atomic E-state index is 12.6. The molecule has 3 N–H and O–H groups in total. The van der Waals surface area contributed by atoms with E-state index >= 15 is 0 Å². The van der Waals surface area contributed by atoms with E-state index in [2.05, 4.69) is 5.32 Å². The van der Waals surface area contributed by atoms with Gasteiger partial charge in [-0.05, 0) is 12.8 Å². The average Bonchev–Trinajstić information content (AvgIpc) is 2.47. The van der Waals surface area contributed by atoms with Crippen molar-refractivity contribution < 1.29 is 14.3 Å². The monoisotopic (exact) mass is 285 g/mol. The van der Waals surface area contributed by atoms with Gasteiger partial charge in [0.1, 0.15) is 0 Å². The normalized spacial score (nSPS) is 17.6. The minimum absolute atomic E-state index is 0.00147. The maximum atomic E-state index is 12.6. The zero-order chi connectivity index (χ0) is 15.0. The lowest BCUT2D eigenvalue weighted by Gasteiger charge is -2.37. The number of methoxy groups -OCH3 is 1. The van der Waals surface area contributed by atoms with Gasteiger partial charge in [-0.3, -0.25) is 9.59 Å². The Morgan fingerprint density at radius 3 is 2.50 bits per heavy atom. The summed E-state index contributed by atoms with van der Waals surface area (Å²) in [5.41, 5.74) is 5.38. The molecule has 0 radical (unpaired) electrons. The Morgan fingerprint density at radius 1 is 1.30 bits per heavy atom. The van der Waals surface area contributed by atoms with Crippen molar-refractivity contribution in [3.63, 3.8) is 0 Å². The second kappa shape index (κ2) is 8.21. The molecule has 1 fully saturated rings. The molecule has 0 aromatic rings. The number of rotatable bonds is 7. The van der Waals surface area contributed by atoms with Crippen LogP contribution in [0.3, 0.4) is 0 Å². The molecule has 116 valence electrons. The molecule has 2 amide bonds. The lowest BCUT2D eigenvalue weighted by molar-refractivity contribution is -0.144. The molecular formula is C14H27N3O3. The highest BCUT2D eigenvalue weighted by molar-refractivity contribution is 5.88. The second-order valence-electron chi connectivity index (χ2n) is 5.55. The molecule has 0 atom stereocenters. The summed E-state index contributed by atoms with van der Waals surface area (Å²) in [6.07, 6.45) is 4.90. The van der Waals surface area contributed by atoms with E-state index in [9.17, 15) is 9.59 Å². The van der Waals surface area contributed by atoms with Gasteiger partial charge in [0.05, 0.1) is 18.6 Å². The fourth-order valence-electron chi connectivity index (χ4n) is 2.77. The van der Waals surface area contributed by atoms with Gasteiger partial charge < -0.3 is 20.7 Å². The fraction of sp³-hybridized carbons (Fsp3) is 0.857. The molecule has 20 heavy (non-hydrogen) atoms. The molecule has 1 rings (SSSR count). The van der Waals surface area contributed by atoms with Crippen molar-refractivity contribution in [3.05, 3.63) is 0 Å². The predicted octanol–water partition coefficient (Wildman–Crippen LogP) is 0.117. The van der Waals surface area contributed by atoms with Crippen LogP contribution in [0.4, 0.5) is 0 Å². The molecule has 6 heteroatoms. The van der Waals surface area contributed by atoms with Crippen LogP contribution >= 0.6 is 0 Å². The van der Waals surface area contributed by atoms with E-state index in [0.717, 1.165) is 32.1 Å². The minimum Gasteiger partial charge on any atom is -0.383 e. The Balaban J connectivity index is 2.50. The number of ether oxygens (including phenoxy) is 1. The van der Waals surface area contributed by atoms with E-state index in [1.807, 2.05) is 0 Å². The molecule has 1 aliphatic rings. The van der Waals surface area contributed by atoms with Gasteiger partial charge in [0.2, 0.25) is 11.8 Å². The Hall–Kier alpha value is -1.14. The van der Waals surface area contributed by atoms with Gasteiger partial charge >= 0.3 is 0 Å². The zero-order valence-electron chi connectivity index (χ0n) is 12.6. The number of likely N-dealkylation sites (N-methyl/N-ethyl adjacent to an activating group) is 1. The summed E-state index contributed by atoms with van der Waals surface area (Å²) in [7, 11) is 3.25. The standard InChI is InChI=1S/C14H27N3O3/c1-17(10-12(18)16-8-9-20-2)13(19)14(11-15)6-4-3-5-7-14/h3-11,15H2,1-2H3,(H,16,18). The van der Waals surface area contributed by atoms with Crippen LogP contribution in [0.1, 0.15) is 32.1 Å². The molecule has 6 nitrogen and oxygen atoms in total. The van der Waals surface area contributed by atoms with Crippen molar-refractivity contribution in [2.24, 2.45) is 11.1 Å². The minimum atomic E-state index is -0.459. The van der Waals surface area contributed by atoms with Crippen molar-refractivity contribution in [2.75, 3.05) is 40.4 Å². The first kappa shape index (κ1) is 16.9. The van der Waals surface area contributed by atoms with Gasteiger partial charge in [-0.25, -0.2) is 0 Å². The number of nitrogens with zero attached hydrogens (tertiary/aromatic N) is 1.